The highest BCUT2D eigenvalue weighted by Crippen LogP contribution is 2.31. The Bertz CT molecular complexity index is 800. The molecule has 0 aliphatic carbocycles. The molecule has 1 N–H and O–H groups in total. The summed E-state index contributed by atoms with van der Waals surface area (Å²) in [4.78, 5) is 3.57. The predicted octanol–water partition coefficient (Wildman–Crippen LogP) is 3.96. The summed E-state index contributed by atoms with van der Waals surface area (Å²) in [6, 6.07) is 16.5. The maximum atomic E-state index is 5.97. The van der Waals surface area contributed by atoms with Gasteiger partial charge in [0.2, 0.25) is 0 Å². The molecule has 0 fully saturated rings. The van der Waals surface area contributed by atoms with Gasteiger partial charge in [0.15, 0.2) is 5.69 Å². The third kappa shape index (κ3) is 1.61. The van der Waals surface area contributed by atoms with Crippen molar-refractivity contribution < 1.29 is 4.57 Å². The van der Waals surface area contributed by atoms with Crippen molar-refractivity contribution >= 4 is 11.6 Å². The van der Waals surface area contributed by atoms with Gasteiger partial charge in [-0.25, -0.2) is 9.55 Å². The summed E-state index contributed by atoms with van der Waals surface area (Å²) in [6.45, 7) is 3.11. The maximum absolute atomic E-state index is 5.97. The first-order valence-corrected chi connectivity index (χ1v) is 7.08. The fourth-order valence-corrected chi connectivity index (χ4v) is 3.07. The van der Waals surface area contributed by atoms with Crippen molar-refractivity contribution in [3.8, 4) is 22.6 Å². The number of hydrogen-bond acceptors (Lipinski definition) is 0. The van der Waals surface area contributed by atoms with Crippen molar-refractivity contribution in [2.45, 2.75) is 13.5 Å². The van der Waals surface area contributed by atoms with E-state index in [1.165, 1.54) is 33.9 Å². The van der Waals surface area contributed by atoms with E-state index in [2.05, 4.69) is 52.9 Å². The van der Waals surface area contributed by atoms with Gasteiger partial charge in [0, 0.05) is 23.1 Å². The first-order valence-electron chi connectivity index (χ1n) is 6.70. The smallest absolute Gasteiger partial charge is 0.236 e. The van der Waals surface area contributed by atoms with Crippen molar-refractivity contribution in [2.75, 3.05) is 0 Å². The van der Waals surface area contributed by atoms with Gasteiger partial charge in [0.1, 0.15) is 12.2 Å². The third-order valence-corrected chi connectivity index (χ3v) is 4.27. The van der Waals surface area contributed by atoms with Gasteiger partial charge in [0.25, 0.3) is 5.82 Å². The van der Waals surface area contributed by atoms with Crippen LogP contribution in [-0.4, -0.2) is 4.98 Å². The number of imidazole rings is 1. The van der Waals surface area contributed by atoms with E-state index < -0.39 is 0 Å². The normalized spacial score (nSPS) is 12.3. The first kappa shape index (κ1) is 11.7. The second-order valence-electron chi connectivity index (χ2n) is 5.18. The van der Waals surface area contributed by atoms with Crippen molar-refractivity contribution in [3.63, 3.8) is 0 Å². The molecule has 0 saturated carbocycles. The number of nitrogens with one attached hydrogen (secondary N) is 1. The SMILES string of the molecule is Cc1c(-c2ccc(Cl)cc2)[nH]c2[n+]1Cc1ccccc1-2. The third-order valence-electron chi connectivity index (χ3n) is 4.01. The van der Waals surface area contributed by atoms with Gasteiger partial charge < -0.3 is 0 Å². The molecule has 0 unspecified atom stereocenters. The average Bonchev–Trinajstić information content (AvgIpc) is 2.98. The summed E-state index contributed by atoms with van der Waals surface area (Å²) in [5, 5.41) is 0.767. The number of benzene rings is 2. The largest absolute Gasteiger partial charge is 0.288 e. The van der Waals surface area contributed by atoms with Crippen LogP contribution in [0.4, 0.5) is 0 Å². The second kappa shape index (κ2) is 4.22. The Morgan fingerprint density at radius 2 is 1.80 bits per heavy atom. The molecule has 0 bridgehead atoms. The van der Waals surface area contributed by atoms with Crippen LogP contribution in [0.2, 0.25) is 5.02 Å². The van der Waals surface area contributed by atoms with E-state index in [4.69, 9.17) is 11.6 Å². The van der Waals surface area contributed by atoms with Gasteiger partial charge in [-0.05, 0) is 30.3 Å². The highest BCUT2D eigenvalue weighted by molar-refractivity contribution is 6.30. The molecule has 4 rings (SSSR count). The van der Waals surface area contributed by atoms with E-state index in [1.807, 2.05) is 12.1 Å². The Labute approximate surface area is 122 Å². The maximum Gasteiger partial charge on any atom is 0.288 e. The van der Waals surface area contributed by atoms with Gasteiger partial charge in [0.05, 0.1) is 5.56 Å². The standard InChI is InChI=1S/C17H13ClN2/c1-11-16(12-6-8-14(18)9-7-12)19-17-15-5-3-2-4-13(15)10-20(11)17/h2-9H,10H2,1H3/p+1. The monoisotopic (exact) mass is 281 g/mol. The minimum Gasteiger partial charge on any atom is -0.236 e. The fraction of sp³-hybridized carbons (Fsp3) is 0.118. The lowest BCUT2D eigenvalue weighted by atomic mass is 10.1. The fourth-order valence-electron chi connectivity index (χ4n) is 2.95. The van der Waals surface area contributed by atoms with Gasteiger partial charge in [-0.15, -0.1) is 0 Å². The molecule has 2 heterocycles. The van der Waals surface area contributed by atoms with Crippen LogP contribution >= 0.6 is 11.6 Å². The Balaban J connectivity index is 1.89. The number of H-pyrrole nitrogens is 1. The molecular weight excluding hydrogens is 268 g/mol. The van der Waals surface area contributed by atoms with E-state index >= 15 is 0 Å². The number of aromatic amines is 1. The second-order valence-corrected chi connectivity index (χ2v) is 5.62. The number of rotatable bonds is 1. The molecule has 0 spiro atoms. The van der Waals surface area contributed by atoms with Crippen LogP contribution in [0.1, 0.15) is 11.3 Å². The highest BCUT2D eigenvalue weighted by Gasteiger charge is 2.31. The number of fused-ring (bicyclic) bond motifs is 3. The summed E-state index contributed by atoms with van der Waals surface area (Å²) in [5.41, 5.74) is 6.29. The van der Waals surface area contributed by atoms with E-state index in [0.717, 1.165) is 11.6 Å². The van der Waals surface area contributed by atoms with Crippen LogP contribution < -0.4 is 4.57 Å². The van der Waals surface area contributed by atoms with Crippen molar-refractivity contribution in [1.82, 2.24) is 4.98 Å². The van der Waals surface area contributed by atoms with E-state index in [9.17, 15) is 0 Å². The molecule has 0 saturated heterocycles. The summed E-state index contributed by atoms with van der Waals surface area (Å²) < 4.78 is 2.34. The molecule has 1 aliphatic rings. The Kier molecular flexibility index (Phi) is 2.48. The molecule has 1 aliphatic heterocycles. The zero-order valence-electron chi connectivity index (χ0n) is 11.2. The molecule has 98 valence electrons. The van der Waals surface area contributed by atoms with Gasteiger partial charge in [-0.2, -0.15) is 0 Å². The molecule has 3 aromatic rings. The minimum atomic E-state index is 0.767. The zero-order chi connectivity index (χ0) is 13.7. The molecule has 2 nitrogen and oxygen atoms in total. The van der Waals surface area contributed by atoms with Crippen LogP contribution in [-0.2, 0) is 6.54 Å². The molecule has 0 atom stereocenters. The first-order chi connectivity index (χ1) is 9.74. The van der Waals surface area contributed by atoms with E-state index in [1.54, 1.807) is 0 Å². The zero-order valence-corrected chi connectivity index (χ0v) is 11.9. The van der Waals surface area contributed by atoms with E-state index in [0.29, 0.717) is 0 Å². The molecule has 0 amide bonds. The Morgan fingerprint density at radius 1 is 1.05 bits per heavy atom. The molecule has 0 radical (unpaired) electrons. The Morgan fingerprint density at radius 3 is 2.60 bits per heavy atom. The van der Waals surface area contributed by atoms with Crippen LogP contribution in [0.25, 0.3) is 22.6 Å². The predicted molar refractivity (Wildman–Crippen MR) is 80.7 cm³/mol. The molecule has 3 heteroatoms. The topological polar surface area (TPSA) is 19.7 Å². The number of aromatic nitrogens is 2. The number of nitrogens with zero attached hydrogens (tertiary/aromatic N) is 1. The minimum absolute atomic E-state index is 0.767. The quantitative estimate of drug-likeness (QED) is 0.510. The molecular formula is C17H14ClN2+. The van der Waals surface area contributed by atoms with Crippen molar-refractivity contribution in [1.29, 1.82) is 0 Å². The van der Waals surface area contributed by atoms with Crippen molar-refractivity contribution in [3.05, 3.63) is 64.8 Å². The van der Waals surface area contributed by atoms with Crippen molar-refractivity contribution in [2.24, 2.45) is 0 Å². The lowest BCUT2D eigenvalue weighted by molar-refractivity contribution is -0.676. The summed E-state index contributed by atoms with van der Waals surface area (Å²) in [7, 11) is 0. The van der Waals surface area contributed by atoms with Gasteiger partial charge in [-0.1, -0.05) is 29.8 Å². The van der Waals surface area contributed by atoms with Crippen LogP contribution in [0.15, 0.2) is 48.5 Å². The summed E-state index contributed by atoms with van der Waals surface area (Å²) >= 11 is 5.97. The summed E-state index contributed by atoms with van der Waals surface area (Å²) in [6.07, 6.45) is 0. The molecule has 1 aromatic heterocycles. The number of halogens is 1. The van der Waals surface area contributed by atoms with Crippen LogP contribution in [0.5, 0.6) is 0 Å². The Hall–Kier alpha value is -2.06. The highest BCUT2D eigenvalue weighted by atomic mass is 35.5. The van der Waals surface area contributed by atoms with Gasteiger partial charge in [-0.3, -0.25) is 0 Å². The molecule has 20 heavy (non-hydrogen) atoms. The lowest BCUT2D eigenvalue weighted by Gasteiger charge is -1.98. The number of hydrogen-bond donors (Lipinski definition) is 1. The summed E-state index contributed by atoms with van der Waals surface area (Å²) in [5.74, 6) is 1.20. The lowest BCUT2D eigenvalue weighted by Crippen LogP contribution is -2.33. The van der Waals surface area contributed by atoms with Crippen LogP contribution in [0.3, 0.4) is 0 Å². The van der Waals surface area contributed by atoms with Gasteiger partial charge >= 0.3 is 0 Å². The molecule has 2 aromatic carbocycles. The van der Waals surface area contributed by atoms with E-state index in [-0.39, 0.29) is 0 Å². The van der Waals surface area contributed by atoms with Crippen LogP contribution in [0, 0.1) is 6.92 Å². The average molecular weight is 282 g/mol.